The molecule has 0 saturated carbocycles. The highest BCUT2D eigenvalue weighted by Crippen LogP contribution is 2.13. The molecule has 0 saturated heterocycles. The summed E-state index contributed by atoms with van der Waals surface area (Å²) in [6.45, 7) is 2.66. The molecule has 0 unspecified atom stereocenters. The lowest BCUT2D eigenvalue weighted by molar-refractivity contribution is -0.136. The molecule has 0 aliphatic carbocycles. The van der Waals surface area contributed by atoms with E-state index < -0.39 is 5.97 Å². The monoisotopic (exact) mass is 243 g/mol. The molecule has 1 aromatic carbocycles. The van der Waals surface area contributed by atoms with Gasteiger partial charge in [0.2, 0.25) is 0 Å². The molecule has 3 N–H and O–H groups in total. The second kappa shape index (κ2) is 7.25. The van der Waals surface area contributed by atoms with Crippen LogP contribution in [0.1, 0.15) is 23.1 Å². The van der Waals surface area contributed by atoms with Gasteiger partial charge in [0.05, 0.1) is 0 Å². The van der Waals surface area contributed by atoms with Crippen LogP contribution in [-0.2, 0) is 17.6 Å². The summed E-state index contributed by atoms with van der Waals surface area (Å²) in [5.74, 6) is -0.750. The summed E-state index contributed by atoms with van der Waals surface area (Å²) in [4.78, 5) is 10.4. The van der Waals surface area contributed by atoms with Gasteiger partial charge >= 0.3 is 5.97 Å². The highest BCUT2D eigenvalue weighted by Gasteiger charge is 2.03. The molecular formula is C12H18ClNO2. The number of rotatable bonds is 5. The molecule has 0 amide bonds. The van der Waals surface area contributed by atoms with Gasteiger partial charge in [-0.2, -0.15) is 0 Å². The third-order valence-corrected chi connectivity index (χ3v) is 2.45. The SMILES string of the molecule is Cc1cc(CCN)ccc1CCC(=O)O.Cl. The van der Waals surface area contributed by atoms with E-state index in [0.29, 0.717) is 13.0 Å². The molecule has 16 heavy (non-hydrogen) atoms. The van der Waals surface area contributed by atoms with Crippen molar-refractivity contribution in [2.24, 2.45) is 5.73 Å². The molecule has 0 atom stereocenters. The van der Waals surface area contributed by atoms with Gasteiger partial charge in [-0.1, -0.05) is 18.2 Å². The quantitative estimate of drug-likeness (QED) is 0.831. The van der Waals surface area contributed by atoms with Gasteiger partial charge in [0.15, 0.2) is 0 Å². The highest BCUT2D eigenvalue weighted by molar-refractivity contribution is 5.85. The maximum absolute atomic E-state index is 10.4. The summed E-state index contributed by atoms with van der Waals surface area (Å²) in [6.07, 6.45) is 1.67. The van der Waals surface area contributed by atoms with Crippen LogP contribution >= 0.6 is 12.4 Å². The van der Waals surface area contributed by atoms with E-state index in [4.69, 9.17) is 10.8 Å². The third kappa shape index (κ3) is 4.64. The normalized spacial score (nSPS) is 9.62. The Labute approximate surface area is 102 Å². The topological polar surface area (TPSA) is 63.3 Å². The fourth-order valence-electron chi connectivity index (χ4n) is 1.60. The van der Waals surface area contributed by atoms with Gasteiger partial charge in [-0.25, -0.2) is 0 Å². The minimum atomic E-state index is -0.750. The van der Waals surface area contributed by atoms with Crippen molar-refractivity contribution in [3.8, 4) is 0 Å². The summed E-state index contributed by atoms with van der Waals surface area (Å²) in [7, 11) is 0. The molecule has 0 aromatic heterocycles. The summed E-state index contributed by atoms with van der Waals surface area (Å²) in [5.41, 5.74) is 8.95. The van der Waals surface area contributed by atoms with Crippen molar-refractivity contribution < 1.29 is 9.90 Å². The maximum Gasteiger partial charge on any atom is 0.303 e. The Bertz CT molecular complexity index is 353. The molecule has 0 aliphatic rings. The van der Waals surface area contributed by atoms with Crippen LogP contribution < -0.4 is 5.73 Å². The molecule has 1 rings (SSSR count). The Morgan fingerprint density at radius 1 is 1.38 bits per heavy atom. The van der Waals surface area contributed by atoms with Crippen LogP contribution in [0.5, 0.6) is 0 Å². The number of carbonyl (C=O) groups is 1. The maximum atomic E-state index is 10.4. The van der Waals surface area contributed by atoms with Crippen LogP contribution in [0.3, 0.4) is 0 Å². The lowest BCUT2D eigenvalue weighted by Crippen LogP contribution is -2.04. The molecule has 0 aliphatic heterocycles. The smallest absolute Gasteiger partial charge is 0.303 e. The van der Waals surface area contributed by atoms with Crippen molar-refractivity contribution in [1.29, 1.82) is 0 Å². The summed E-state index contributed by atoms with van der Waals surface area (Å²) in [6, 6.07) is 6.12. The average Bonchev–Trinajstić information content (AvgIpc) is 2.17. The molecule has 0 bridgehead atoms. The zero-order chi connectivity index (χ0) is 11.3. The van der Waals surface area contributed by atoms with Gasteiger partial charge in [-0.15, -0.1) is 12.4 Å². The van der Waals surface area contributed by atoms with E-state index in [9.17, 15) is 4.79 Å². The summed E-state index contributed by atoms with van der Waals surface area (Å²) < 4.78 is 0. The summed E-state index contributed by atoms with van der Waals surface area (Å²) in [5, 5.41) is 8.59. The van der Waals surface area contributed by atoms with E-state index in [0.717, 1.165) is 17.5 Å². The first-order valence-corrected chi connectivity index (χ1v) is 5.13. The fraction of sp³-hybridized carbons (Fsp3) is 0.417. The number of benzene rings is 1. The minimum absolute atomic E-state index is 0. The zero-order valence-electron chi connectivity index (χ0n) is 9.40. The van der Waals surface area contributed by atoms with Crippen LogP contribution in [0, 0.1) is 6.92 Å². The fourth-order valence-corrected chi connectivity index (χ4v) is 1.60. The largest absolute Gasteiger partial charge is 0.481 e. The molecule has 90 valence electrons. The average molecular weight is 244 g/mol. The van der Waals surface area contributed by atoms with Gasteiger partial charge in [-0.05, 0) is 43.0 Å². The Hall–Kier alpha value is -1.06. The molecule has 0 spiro atoms. The number of aryl methyl sites for hydroxylation is 2. The second-order valence-corrected chi connectivity index (χ2v) is 3.69. The number of halogens is 1. The van der Waals surface area contributed by atoms with Gasteiger partial charge in [0.25, 0.3) is 0 Å². The van der Waals surface area contributed by atoms with Crippen molar-refractivity contribution in [1.82, 2.24) is 0 Å². The van der Waals surface area contributed by atoms with Gasteiger partial charge in [0, 0.05) is 6.42 Å². The molecule has 0 fully saturated rings. The van der Waals surface area contributed by atoms with Crippen molar-refractivity contribution in [2.75, 3.05) is 6.54 Å². The lowest BCUT2D eigenvalue weighted by Gasteiger charge is -2.06. The van der Waals surface area contributed by atoms with Crippen LogP contribution in [0.15, 0.2) is 18.2 Å². The molecule has 3 nitrogen and oxygen atoms in total. The van der Waals surface area contributed by atoms with Gasteiger partial charge < -0.3 is 10.8 Å². The number of carboxylic acids is 1. The lowest BCUT2D eigenvalue weighted by atomic mass is 10.00. The molecule has 1 aromatic rings. The van der Waals surface area contributed by atoms with Crippen LogP contribution in [0.4, 0.5) is 0 Å². The van der Waals surface area contributed by atoms with E-state index in [1.165, 1.54) is 5.56 Å². The minimum Gasteiger partial charge on any atom is -0.481 e. The highest BCUT2D eigenvalue weighted by atomic mass is 35.5. The third-order valence-electron chi connectivity index (χ3n) is 2.45. The second-order valence-electron chi connectivity index (χ2n) is 3.69. The van der Waals surface area contributed by atoms with Crippen LogP contribution in [0.2, 0.25) is 0 Å². The van der Waals surface area contributed by atoms with Crippen molar-refractivity contribution in [3.05, 3.63) is 34.9 Å². The van der Waals surface area contributed by atoms with Crippen molar-refractivity contribution in [2.45, 2.75) is 26.2 Å². The van der Waals surface area contributed by atoms with Crippen molar-refractivity contribution >= 4 is 18.4 Å². The first kappa shape index (κ1) is 14.9. The van der Waals surface area contributed by atoms with E-state index >= 15 is 0 Å². The number of aliphatic carboxylic acids is 1. The molecule has 0 radical (unpaired) electrons. The summed E-state index contributed by atoms with van der Waals surface area (Å²) >= 11 is 0. The number of nitrogens with two attached hydrogens (primary N) is 1. The predicted octanol–water partition coefficient (Wildman–Crippen LogP) is 1.94. The first-order chi connectivity index (χ1) is 7.13. The molecule has 0 heterocycles. The van der Waals surface area contributed by atoms with E-state index in [-0.39, 0.29) is 18.8 Å². The predicted molar refractivity (Wildman–Crippen MR) is 67.1 cm³/mol. The van der Waals surface area contributed by atoms with E-state index in [1.807, 2.05) is 19.1 Å². The van der Waals surface area contributed by atoms with Crippen LogP contribution in [0.25, 0.3) is 0 Å². The number of hydrogen-bond donors (Lipinski definition) is 2. The van der Waals surface area contributed by atoms with Gasteiger partial charge in [-0.3, -0.25) is 4.79 Å². The molecular weight excluding hydrogens is 226 g/mol. The number of hydrogen-bond acceptors (Lipinski definition) is 2. The van der Waals surface area contributed by atoms with E-state index in [2.05, 4.69) is 6.07 Å². The molecule has 4 heteroatoms. The first-order valence-electron chi connectivity index (χ1n) is 5.13. The Balaban J connectivity index is 0.00000225. The van der Waals surface area contributed by atoms with Gasteiger partial charge in [0.1, 0.15) is 0 Å². The van der Waals surface area contributed by atoms with E-state index in [1.54, 1.807) is 0 Å². The zero-order valence-corrected chi connectivity index (χ0v) is 10.2. The Kier molecular flexibility index (Phi) is 6.77. The van der Waals surface area contributed by atoms with Crippen molar-refractivity contribution in [3.63, 3.8) is 0 Å². The van der Waals surface area contributed by atoms with Crippen LogP contribution in [-0.4, -0.2) is 17.6 Å². The Morgan fingerprint density at radius 2 is 2.06 bits per heavy atom. The number of carboxylic acid groups (broad SMARTS) is 1. The Morgan fingerprint density at radius 3 is 2.56 bits per heavy atom. The standard InChI is InChI=1S/C12H17NO2.ClH/c1-9-8-10(6-7-13)2-3-11(9)4-5-12(14)15;/h2-3,8H,4-7,13H2,1H3,(H,14,15);1H.